The highest BCUT2D eigenvalue weighted by atomic mass is 32.5. The lowest BCUT2D eigenvalue weighted by molar-refractivity contribution is -0.0917. The molecule has 1 aromatic heterocycles. The van der Waals surface area contributed by atoms with E-state index in [1.54, 1.807) is 27.8 Å². The van der Waals surface area contributed by atoms with Crippen molar-refractivity contribution in [2.75, 3.05) is 34.1 Å². The first-order chi connectivity index (χ1) is 23.1. The largest absolute Gasteiger partial charge is 0.497 e. The highest BCUT2D eigenvalue weighted by Gasteiger charge is 2.44. The number of hydrogen-bond donors (Lipinski definition) is 1. The highest BCUT2D eigenvalue weighted by molar-refractivity contribution is 8.09. The minimum Gasteiger partial charge on any atom is -0.497 e. The SMILES string of the molecule is COc1ccc(C(OC[C@H]2O[C@@H](n3cc(C)c(=O)[nH]c3=O)C[C@@H]2O[P@@](C)(=S)OCCC#N)(c2ccccc2)c2ccc(OC)cc2)cc1. The number of aromatic amines is 1. The van der Waals surface area contributed by atoms with Crippen molar-refractivity contribution in [1.29, 1.82) is 5.26 Å². The van der Waals surface area contributed by atoms with Crippen LogP contribution in [0.15, 0.2) is 94.6 Å². The van der Waals surface area contributed by atoms with Crippen LogP contribution in [0.1, 0.15) is 41.3 Å². The summed E-state index contributed by atoms with van der Waals surface area (Å²) in [4.78, 5) is 27.4. The summed E-state index contributed by atoms with van der Waals surface area (Å²) in [5.41, 5.74) is 0.681. The molecule has 4 atom stereocenters. The van der Waals surface area contributed by atoms with E-state index >= 15 is 0 Å². The average molecular weight is 692 g/mol. The van der Waals surface area contributed by atoms with Gasteiger partial charge in [-0.15, -0.1) is 0 Å². The molecule has 5 rings (SSSR count). The van der Waals surface area contributed by atoms with Crippen LogP contribution in [-0.4, -0.2) is 55.9 Å². The Labute approximate surface area is 284 Å². The fourth-order valence-corrected chi connectivity index (χ4v) is 7.50. The third-order valence-electron chi connectivity index (χ3n) is 8.14. The maximum absolute atomic E-state index is 12.9. The molecule has 48 heavy (non-hydrogen) atoms. The number of aryl methyl sites for hydroxylation is 1. The maximum atomic E-state index is 12.9. The normalized spacial score (nSPS) is 18.9. The number of hydrogen-bond acceptors (Lipinski definition) is 10. The molecule has 0 saturated carbocycles. The van der Waals surface area contributed by atoms with Gasteiger partial charge in [-0.1, -0.05) is 54.6 Å². The Morgan fingerprint density at radius 1 is 0.979 bits per heavy atom. The van der Waals surface area contributed by atoms with Crippen LogP contribution >= 0.6 is 6.49 Å². The molecule has 2 heterocycles. The van der Waals surface area contributed by atoms with Gasteiger partial charge in [0.2, 0.25) is 0 Å². The van der Waals surface area contributed by atoms with Crippen molar-refractivity contribution in [3.8, 4) is 17.6 Å². The summed E-state index contributed by atoms with van der Waals surface area (Å²) in [6.07, 6.45) is -0.268. The van der Waals surface area contributed by atoms with Crippen LogP contribution in [0.4, 0.5) is 0 Å². The Morgan fingerprint density at radius 2 is 1.56 bits per heavy atom. The van der Waals surface area contributed by atoms with Crippen LogP contribution in [0, 0.1) is 18.3 Å². The molecule has 0 bridgehead atoms. The second kappa shape index (κ2) is 15.4. The molecule has 1 aliphatic heterocycles. The Hall–Kier alpha value is -4.08. The van der Waals surface area contributed by atoms with Crippen molar-refractivity contribution in [3.63, 3.8) is 0 Å². The van der Waals surface area contributed by atoms with Crippen LogP contribution in [0.5, 0.6) is 11.5 Å². The van der Waals surface area contributed by atoms with Crippen LogP contribution in [0.25, 0.3) is 0 Å². The third kappa shape index (κ3) is 7.79. The van der Waals surface area contributed by atoms with Crippen molar-refractivity contribution >= 4 is 18.3 Å². The van der Waals surface area contributed by atoms with Gasteiger partial charge in [0.15, 0.2) is 6.49 Å². The molecule has 0 amide bonds. The van der Waals surface area contributed by atoms with Gasteiger partial charge < -0.3 is 28.0 Å². The summed E-state index contributed by atoms with van der Waals surface area (Å²) in [7, 11) is 3.23. The van der Waals surface area contributed by atoms with Gasteiger partial charge in [0.25, 0.3) is 5.56 Å². The topological polar surface area (TPSA) is 134 Å². The molecule has 4 aromatic rings. The van der Waals surface area contributed by atoms with Crippen LogP contribution in [0.2, 0.25) is 0 Å². The fraction of sp³-hybridized carbons (Fsp3) is 0.343. The van der Waals surface area contributed by atoms with Gasteiger partial charge in [0.05, 0.1) is 46.0 Å². The number of ether oxygens (including phenoxy) is 4. The molecule has 1 fully saturated rings. The van der Waals surface area contributed by atoms with Gasteiger partial charge in [-0.3, -0.25) is 14.3 Å². The molecule has 0 unspecified atom stereocenters. The number of nitrogens with one attached hydrogen (secondary N) is 1. The molecule has 252 valence electrons. The monoisotopic (exact) mass is 691 g/mol. The number of benzene rings is 3. The molecule has 3 aromatic carbocycles. The quantitative estimate of drug-likeness (QED) is 0.104. The lowest BCUT2D eigenvalue weighted by Crippen LogP contribution is -2.38. The zero-order valence-corrected chi connectivity index (χ0v) is 28.9. The van der Waals surface area contributed by atoms with Gasteiger partial charge in [-0.05, 0) is 59.7 Å². The molecular weight excluding hydrogens is 653 g/mol. The molecular formula is C35H38N3O8PS. The fourth-order valence-electron chi connectivity index (χ4n) is 5.75. The smallest absolute Gasteiger partial charge is 0.330 e. The zero-order valence-electron chi connectivity index (χ0n) is 27.2. The van der Waals surface area contributed by atoms with E-state index in [9.17, 15) is 9.59 Å². The van der Waals surface area contributed by atoms with Gasteiger partial charge in [-0.25, -0.2) is 4.79 Å². The molecule has 11 nitrogen and oxygen atoms in total. The maximum Gasteiger partial charge on any atom is 0.330 e. The molecule has 13 heteroatoms. The van der Waals surface area contributed by atoms with E-state index in [2.05, 4.69) is 4.98 Å². The predicted molar refractivity (Wildman–Crippen MR) is 184 cm³/mol. The summed E-state index contributed by atoms with van der Waals surface area (Å²) < 4.78 is 38.1. The van der Waals surface area contributed by atoms with E-state index in [1.807, 2.05) is 84.9 Å². The van der Waals surface area contributed by atoms with Crippen molar-refractivity contribution in [2.45, 2.75) is 43.8 Å². The Bertz CT molecular complexity index is 1840. The number of nitrogens with zero attached hydrogens (tertiary/aromatic N) is 2. The first kappa shape index (κ1) is 35.2. The Balaban J connectivity index is 1.57. The van der Waals surface area contributed by atoms with E-state index in [0.717, 1.165) is 16.7 Å². The first-order valence-corrected chi connectivity index (χ1v) is 18.4. The predicted octanol–water partition coefficient (Wildman–Crippen LogP) is 5.41. The van der Waals surface area contributed by atoms with E-state index in [-0.39, 0.29) is 26.1 Å². The van der Waals surface area contributed by atoms with Crippen molar-refractivity contribution in [1.82, 2.24) is 9.55 Å². The van der Waals surface area contributed by atoms with Crippen LogP contribution in [-0.2, 0) is 35.9 Å². The standard InChI is InChI=1S/C35H38N3O8PS/c1-24-22-38(34(40)37-33(24)39)32-21-30(46-47(4,48)44-20-8-19-36)31(45-32)23-43-35(25-9-6-5-7-10-25,26-11-15-28(41-2)16-12-26)27-13-17-29(42-3)18-14-27/h5-7,9-18,22,30-32H,8,20-21,23H2,1-4H3,(H,37,39,40)/t30-,31+,32+,47-/m0/s1. The second-order valence-electron chi connectivity index (χ2n) is 11.3. The molecule has 0 radical (unpaired) electrons. The molecule has 0 spiro atoms. The van der Waals surface area contributed by atoms with E-state index in [0.29, 0.717) is 17.1 Å². The van der Waals surface area contributed by atoms with E-state index in [4.69, 9.17) is 45.1 Å². The molecule has 1 N–H and O–H groups in total. The van der Waals surface area contributed by atoms with Gasteiger partial charge in [0, 0.05) is 24.8 Å². The Morgan fingerprint density at radius 3 is 2.12 bits per heavy atom. The summed E-state index contributed by atoms with van der Waals surface area (Å²) in [6, 6.07) is 27.2. The molecule has 0 aliphatic carbocycles. The van der Waals surface area contributed by atoms with Crippen molar-refractivity contribution in [2.24, 2.45) is 0 Å². The number of nitriles is 1. The van der Waals surface area contributed by atoms with Crippen LogP contribution < -0.4 is 20.7 Å². The van der Waals surface area contributed by atoms with E-state index in [1.165, 1.54) is 10.8 Å². The first-order valence-electron chi connectivity index (χ1n) is 15.3. The van der Waals surface area contributed by atoms with Gasteiger partial charge in [0.1, 0.15) is 29.4 Å². The minimum absolute atomic E-state index is 0.0126. The number of H-pyrrole nitrogens is 1. The average Bonchev–Trinajstić information content (AvgIpc) is 3.48. The Kier molecular flexibility index (Phi) is 11.3. The molecule has 1 saturated heterocycles. The number of aromatic nitrogens is 2. The second-order valence-corrected chi connectivity index (χ2v) is 15.3. The third-order valence-corrected chi connectivity index (χ3v) is 10.0. The number of methoxy groups -OCH3 is 2. The van der Waals surface area contributed by atoms with Gasteiger partial charge >= 0.3 is 5.69 Å². The lowest BCUT2D eigenvalue weighted by Gasteiger charge is -2.37. The van der Waals surface area contributed by atoms with Gasteiger partial charge in [-0.2, -0.15) is 5.26 Å². The summed E-state index contributed by atoms with van der Waals surface area (Å²) in [5.74, 6) is 1.38. The van der Waals surface area contributed by atoms with Crippen molar-refractivity contribution < 1.29 is 28.0 Å². The minimum atomic E-state index is -2.84. The van der Waals surface area contributed by atoms with E-state index < -0.39 is 41.8 Å². The van der Waals surface area contributed by atoms with Crippen molar-refractivity contribution in [3.05, 3.63) is 128 Å². The summed E-state index contributed by atoms with van der Waals surface area (Å²) in [6.45, 7) is 0.620. The van der Waals surface area contributed by atoms with Crippen LogP contribution in [0.3, 0.4) is 0 Å². The lowest BCUT2D eigenvalue weighted by atomic mass is 9.80. The number of rotatable bonds is 14. The zero-order chi connectivity index (χ0) is 34.3. The molecule has 1 aliphatic rings. The highest BCUT2D eigenvalue weighted by Crippen LogP contribution is 2.50. The summed E-state index contributed by atoms with van der Waals surface area (Å²) in [5, 5.41) is 9.00. The summed E-state index contributed by atoms with van der Waals surface area (Å²) >= 11 is 5.72.